The summed E-state index contributed by atoms with van der Waals surface area (Å²) >= 11 is 1.61. The van der Waals surface area contributed by atoms with Crippen LogP contribution < -0.4 is 10.6 Å². The maximum absolute atomic E-state index is 12.4. The average Bonchev–Trinajstić information content (AvgIpc) is 3.01. The topological polar surface area (TPSA) is 77.8 Å². The summed E-state index contributed by atoms with van der Waals surface area (Å²) in [4.78, 5) is 16.9. The van der Waals surface area contributed by atoms with E-state index in [1.54, 1.807) is 25.2 Å². The Bertz CT molecular complexity index is 793. The van der Waals surface area contributed by atoms with Crippen molar-refractivity contribution in [2.24, 2.45) is 5.92 Å². The lowest BCUT2D eigenvalue weighted by Gasteiger charge is -2.29. The third-order valence-corrected chi connectivity index (χ3v) is 5.10. The van der Waals surface area contributed by atoms with Crippen LogP contribution >= 0.6 is 11.3 Å². The molecule has 6 heteroatoms. The first kappa shape index (κ1) is 18.9. The first-order valence-electron chi connectivity index (χ1n) is 8.27. The number of thiazole rings is 1. The van der Waals surface area contributed by atoms with E-state index in [2.05, 4.69) is 21.7 Å². The molecule has 0 aliphatic rings. The highest BCUT2D eigenvalue weighted by atomic mass is 32.1. The number of aryl methyl sites for hydroxylation is 1. The highest BCUT2D eigenvalue weighted by molar-refractivity contribution is 7.09. The van der Waals surface area contributed by atoms with E-state index in [9.17, 15) is 10.1 Å². The molecule has 0 aliphatic heterocycles. The summed E-state index contributed by atoms with van der Waals surface area (Å²) in [7, 11) is 0. The Morgan fingerprint density at radius 2 is 2.08 bits per heavy atom. The maximum atomic E-state index is 12.4. The number of nitrogens with one attached hydrogen (secondary N) is 2. The molecule has 5 nitrogen and oxygen atoms in total. The molecule has 1 heterocycles. The highest BCUT2D eigenvalue weighted by Crippen LogP contribution is 2.24. The number of nitrogens with zero attached hydrogens (tertiary/aromatic N) is 2. The van der Waals surface area contributed by atoms with Gasteiger partial charge in [-0.25, -0.2) is 4.98 Å². The zero-order valence-electron chi connectivity index (χ0n) is 15.3. The molecule has 1 aromatic heterocycles. The molecule has 0 saturated carbocycles. The molecule has 2 unspecified atom stereocenters. The van der Waals surface area contributed by atoms with Crippen molar-refractivity contribution >= 4 is 22.9 Å². The van der Waals surface area contributed by atoms with Gasteiger partial charge in [0.2, 0.25) is 5.91 Å². The summed E-state index contributed by atoms with van der Waals surface area (Å²) in [6.45, 7) is 9.34. The zero-order chi connectivity index (χ0) is 18.6. The second-order valence-electron chi connectivity index (χ2n) is 6.66. The molecule has 1 aromatic carbocycles. The van der Waals surface area contributed by atoms with Crippen LogP contribution in [0.15, 0.2) is 29.6 Å². The van der Waals surface area contributed by atoms with Crippen LogP contribution in [0, 0.1) is 24.2 Å². The van der Waals surface area contributed by atoms with Gasteiger partial charge in [-0.15, -0.1) is 11.3 Å². The highest BCUT2D eigenvalue weighted by Gasteiger charge is 2.31. The summed E-state index contributed by atoms with van der Waals surface area (Å²) in [5.41, 5.74) is 1.90. The van der Waals surface area contributed by atoms with E-state index in [1.165, 1.54) is 0 Å². The van der Waals surface area contributed by atoms with Crippen LogP contribution in [0.4, 0.5) is 5.69 Å². The fourth-order valence-corrected chi connectivity index (χ4v) is 2.87. The lowest BCUT2D eigenvalue weighted by Crippen LogP contribution is -2.52. The smallest absolute Gasteiger partial charge is 0.243 e. The van der Waals surface area contributed by atoms with E-state index >= 15 is 0 Å². The van der Waals surface area contributed by atoms with Crippen molar-refractivity contribution in [1.29, 1.82) is 5.26 Å². The number of amides is 1. The van der Waals surface area contributed by atoms with Crippen LogP contribution in [0.2, 0.25) is 0 Å². The number of benzene rings is 1. The number of rotatable bonds is 6. The van der Waals surface area contributed by atoms with Crippen molar-refractivity contribution < 1.29 is 4.79 Å². The fraction of sp³-hybridized carbons (Fsp3) is 0.421. The first-order valence-corrected chi connectivity index (χ1v) is 9.15. The van der Waals surface area contributed by atoms with E-state index in [1.807, 2.05) is 50.4 Å². The molecule has 0 spiro atoms. The zero-order valence-corrected chi connectivity index (χ0v) is 16.1. The van der Waals surface area contributed by atoms with Crippen molar-refractivity contribution in [3.63, 3.8) is 0 Å². The van der Waals surface area contributed by atoms with Crippen molar-refractivity contribution in [3.05, 3.63) is 34.7 Å². The average molecular weight is 356 g/mol. The van der Waals surface area contributed by atoms with Gasteiger partial charge in [-0.2, -0.15) is 5.26 Å². The number of anilines is 1. The van der Waals surface area contributed by atoms with Crippen molar-refractivity contribution in [2.45, 2.75) is 46.2 Å². The quantitative estimate of drug-likeness (QED) is 0.821. The Morgan fingerprint density at radius 1 is 1.36 bits per heavy atom. The molecule has 2 N–H and O–H groups in total. The van der Waals surface area contributed by atoms with Gasteiger partial charge >= 0.3 is 0 Å². The van der Waals surface area contributed by atoms with E-state index in [0.717, 1.165) is 22.0 Å². The predicted molar refractivity (Wildman–Crippen MR) is 102 cm³/mol. The number of carbonyl (C=O) groups excluding carboxylic acids is 1. The standard InChI is InChI=1S/C19H24N4OS/c1-12(2)19(5,11-20)23-18(24)13(3)21-16-8-6-7-15(9-16)17-10-25-14(4)22-17/h6-10,12-13,21H,1-5H3,(H,23,24). The number of hydrogen-bond donors (Lipinski definition) is 2. The molecule has 0 fully saturated rings. The van der Waals surface area contributed by atoms with Crippen LogP contribution in [0.25, 0.3) is 11.3 Å². The third kappa shape index (κ3) is 4.58. The van der Waals surface area contributed by atoms with E-state index in [-0.39, 0.29) is 11.8 Å². The minimum absolute atomic E-state index is 0.0184. The van der Waals surface area contributed by atoms with Crippen LogP contribution in [0.5, 0.6) is 0 Å². The van der Waals surface area contributed by atoms with Crippen LogP contribution in [-0.2, 0) is 4.79 Å². The normalized spacial score (nSPS) is 14.4. The van der Waals surface area contributed by atoms with E-state index in [0.29, 0.717) is 0 Å². The Hall–Kier alpha value is -2.39. The minimum Gasteiger partial charge on any atom is -0.374 e. The summed E-state index contributed by atoms with van der Waals surface area (Å²) in [6, 6.07) is 9.56. The van der Waals surface area contributed by atoms with Gasteiger partial charge < -0.3 is 10.6 Å². The van der Waals surface area contributed by atoms with Gasteiger partial charge in [-0.05, 0) is 38.8 Å². The molecule has 0 radical (unpaired) electrons. The number of hydrogen-bond acceptors (Lipinski definition) is 5. The summed E-state index contributed by atoms with van der Waals surface area (Å²) < 4.78 is 0. The van der Waals surface area contributed by atoms with Crippen LogP contribution in [-0.4, -0.2) is 22.5 Å². The second-order valence-corrected chi connectivity index (χ2v) is 7.72. The van der Waals surface area contributed by atoms with Gasteiger partial charge in [0.15, 0.2) is 0 Å². The molecule has 2 rings (SSSR count). The SMILES string of the molecule is Cc1nc(-c2cccc(NC(C)C(=O)NC(C)(C#N)C(C)C)c2)cs1. The van der Waals surface area contributed by atoms with Gasteiger partial charge in [-0.1, -0.05) is 26.0 Å². The van der Waals surface area contributed by atoms with Crippen molar-refractivity contribution in [2.75, 3.05) is 5.32 Å². The van der Waals surface area contributed by atoms with Gasteiger partial charge in [0.05, 0.1) is 16.8 Å². The minimum atomic E-state index is -0.882. The largest absolute Gasteiger partial charge is 0.374 e. The molecular weight excluding hydrogens is 332 g/mol. The third-order valence-electron chi connectivity index (χ3n) is 4.32. The lowest BCUT2D eigenvalue weighted by atomic mass is 9.90. The number of aromatic nitrogens is 1. The summed E-state index contributed by atoms with van der Waals surface area (Å²) in [5, 5.41) is 18.4. The molecule has 25 heavy (non-hydrogen) atoms. The Kier molecular flexibility index (Phi) is 5.81. The predicted octanol–water partition coefficient (Wildman–Crippen LogP) is 3.97. The molecular formula is C19H24N4OS. The summed E-state index contributed by atoms with van der Waals surface area (Å²) in [6.07, 6.45) is 0. The maximum Gasteiger partial charge on any atom is 0.243 e. The molecule has 132 valence electrons. The number of carbonyl (C=O) groups is 1. The van der Waals surface area contributed by atoms with Gasteiger partial charge in [-0.3, -0.25) is 4.79 Å². The fourth-order valence-electron chi connectivity index (χ4n) is 2.25. The van der Waals surface area contributed by atoms with Gasteiger partial charge in [0, 0.05) is 16.6 Å². The van der Waals surface area contributed by atoms with Crippen molar-refractivity contribution in [1.82, 2.24) is 10.3 Å². The number of nitriles is 1. The van der Waals surface area contributed by atoms with Gasteiger partial charge in [0.1, 0.15) is 11.6 Å². The molecule has 0 bridgehead atoms. The second kappa shape index (κ2) is 7.66. The van der Waals surface area contributed by atoms with E-state index in [4.69, 9.17) is 0 Å². The molecule has 0 aliphatic carbocycles. The Morgan fingerprint density at radius 3 is 2.64 bits per heavy atom. The molecule has 2 aromatic rings. The molecule has 2 atom stereocenters. The van der Waals surface area contributed by atoms with Gasteiger partial charge in [0.25, 0.3) is 0 Å². The monoisotopic (exact) mass is 356 g/mol. The Labute approximate surface area is 153 Å². The van der Waals surface area contributed by atoms with E-state index < -0.39 is 11.6 Å². The van der Waals surface area contributed by atoms with Crippen LogP contribution in [0.1, 0.15) is 32.7 Å². The molecule has 1 amide bonds. The molecule has 0 saturated heterocycles. The van der Waals surface area contributed by atoms with Crippen LogP contribution in [0.3, 0.4) is 0 Å². The first-order chi connectivity index (χ1) is 11.7. The lowest BCUT2D eigenvalue weighted by molar-refractivity contribution is -0.123. The Balaban J connectivity index is 2.09. The summed E-state index contributed by atoms with van der Waals surface area (Å²) in [5.74, 6) is -0.183. The van der Waals surface area contributed by atoms with Crippen molar-refractivity contribution in [3.8, 4) is 17.3 Å².